The predicted molar refractivity (Wildman–Crippen MR) is 98.1 cm³/mol. The Morgan fingerprint density at radius 3 is 2.27 bits per heavy atom. The monoisotopic (exact) mass is 357 g/mol. The summed E-state index contributed by atoms with van der Waals surface area (Å²) in [5.74, 6) is -0.648. The molecule has 1 aromatic carbocycles. The highest BCUT2D eigenvalue weighted by atomic mass is 19.1. The van der Waals surface area contributed by atoms with E-state index in [9.17, 15) is 18.8 Å². The summed E-state index contributed by atoms with van der Waals surface area (Å²) in [6.07, 6.45) is -0.495. The molecule has 26 heavy (non-hydrogen) atoms. The van der Waals surface area contributed by atoms with Gasteiger partial charge in [-0.2, -0.15) is 0 Å². The van der Waals surface area contributed by atoms with Gasteiger partial charge in [-0.1, -0.05) is 30.3 Å². The number of hydrogen-bond donors (Lipinski definition) is 1. The van der Waals surface area contributed by atoms with Gasteiger partial charge in [-0.15, -0.1) is 0 Å². The third kappa shape index (κ3) is 4.75. The molecule has 0 spiro atoms. The first-order chi connectivity index (χ1) is 12.3. The summed E-state index contributed by atoms with van der Waals surface area (Å²) in [7, 11) is 0. The molecular formula is C21H24FNO3. The Kier molecular flexibility index (Phi) is 6.61. The van der Waals surface area contributed by atoms with E-state index in [0.29, 0.717) is 35.1 Å². The van der Waals surface area contributed by atoms with Crippen molar-refractivity contribution in [2.24, 2.45) is 0 Å². The van der Waals surface area contributed by atoms with Gasteiger partial charge in [0.1, 0.15) is 0 Å². The molecule has 5 heteroatoms. The van der Waals surface area contributed by atoms with Crippen LogP contribution in [0.25, 0.3) is 0 Å². The molecule has 1 unspecified atom stereocenters. The Hall–Kier alpha value is -2.56. The molecule has 1 aromatic rings. The molecule has 1 N–H and O–H groups in total. The lowest BCUT2D eigenvalue weighted by Gasteiger charge is -2.18. The molecule has 0 aliphatic heterocycles. The number of rotatable bonds is 7. The highest BCUT2D eigenvalue weighted by Gasteiger charge is 2.27. The molecule has 1 aliphatic carbocycles. The maximum Gasteiger partial charge on any atom is 0.222 e. The second kappa shape index (κ2) is 8.70. The van der Waals surface area contributed by atoms with Crippen LogP contribution in [0.2, 0.25) is 0 Å². The number of halogens is 1. The molecule has 138 valence electrons. The van der Waals surface area contributed by atoms with Crippen molar-refractivity contribution >= 4 is 17.5 Å². The Morgan fingerprint density at radius 2 is 1.62 bits per heavy atom. The van der Waals surface area contributed by atoms with E-state index in [-0.39, 0.29) is 24.4 Å². The lowest BCUT2D eigenvalue weighted by Crippen LogP contribution is -2.33. The van der Waals surface area contributed by atoms with Crippen molar-refractivity contribution in [1.29, 1.82) is 0 Å². The summed E-state index contributed by atoms with van der Waals surface area (Å²) in [5, 5.41) is 2.33. The molecule has 0 saturated heterocycles. The first-order valence-corrected chi connectivity index (χ1v) is 8.75. The zero-order valence-electron chi connectivity index (χ0n) is 15.4. The maximum absolute atomic E-state index is 13.9. The van der Waals surface area contributed by atoms with Crippen LogP contribution >= 0.6 is 0 Å². The molecule has 1 amide bonds. The van der Waals surface area contributed by atoms with Gasteiger partial charge in [0.25, 0.3) is 0 Å². The number of hydrogen-bond acceptors (Lipinski definition) is 3. The van der Waals surface area contributed by atoms with E-state index >= 15 is 0 Å². The van der Waals surface area contributed by atoms with Crippen LogP contribution in [0.4, 0.5) is 4.39 Å². The van der Waals surface area contributed by atoms with E-state index in [1.807, 2.05) is 18.2 Å². The van der Waals surface area contributed by atoms with Crippen LogP contribution in [-0.4, -0.2) is 23.8 Å². The minimum absolute atomic E-state index is 0.106. The van der Waals surface area contributed by atoms with E-state index in [1.165, 1.54) is 0 Å². The lowest BCUT2D eigenvalue weighted by molar-refractivity contribution is -0.123. The van der Waals surface area contributed by atoms with E-state index in [0.717, 1.165) is 5.56 Å². The quantitative estimate of drug-likeness (QED) is 0.599. The number of carbonyl (C=O) groups is 3. The number of allylic oxidation sites excluding steroid dienone is 4. The molecule has 1 atom stereocenters. The van der Waals surface area contributed by atoms with Crippen LogP contribution in [0, 0.1) is 0 Å². The number of benzene rings is 1. The summed E-state index contributed by atoms with van der Waals surface area (Å²) in [4.78, 5) is 36.3. The molecule has 2 rings (SSSR count). The zero-order chi connectivity index (χ0) is 19.3. The molecule has 0 bridgehead atoms. The van der Waals surface area contributed by atoms with E-state index < -0.39 is 12.2 Å². The summed E-state index contributed by atoms with van der Waals surface area (Å²) < 4.78 is 13.9. The summed E-state index contributed by atoms with van der Waals surface area (Å²) in [6.45, 7) is 4.94. The molecule has 0 fully saturated rings. The molecule has 0 radical (unpaired) electrons. The van der Waals surface area contributed by atoms with Crippen molar-refractivity contribution in [1.82, 2.24) is 5.32 Å². The molecule has 0 heterocycles. The van der Waals surface area contributed by atoms with Crippen molar-refractivity contribution < 1.29 is 18.8 Å². The number of Topliss-reactive ketones (excluding diaryl/α,β-unsaturated/α-hetero) is 2. The summed E-state index contributed by atoms with van der Waals surface area (Å²) >= 11 is 0. The largest absolute Gasteiger partial charge is 0.326 e. The van der Waals surface area contributed by atoms with Crippen molar-refractivity contribution in [3.8, 4) is 0 Å². The van der Waals surface area contributed by atoms with E-state index in [2.05, 4.69) is 5.32 Å². The lowest BCUT2D eigenvalue weighted by atomic mass is 9.84. The van der Waals surface area contributed by atoms with Crippen LogP contribution in [0.5, 0.6) is 0 Å². The Morgan fingerprint density at radius 1 is 1.00 bits per heavy atom. The fourth-order valence-corrected chi connectivity index (χ4v) is 3.00. The standard InChI is InChI=1S/C21H24FNO3/c1-13-14(2)21(26)17(15(3)20(13)25)10-7-11-19(24)23-18(22)12-16-8-5-4-6-9-16/h4-6,8-9,18H,7,10-12H2,1-3H3,(H,23,24). The van der Waals surface area contributed by atoms with Gasteiger partial charge in [-0.05, 0) is 39.2 Å². The van der Waals surface area contributed by atoms with Crippen LogP contribution in [0.15, 0.2) is 52.6 Å². The summed E-state index contributed by atoms with van der Waals surface area (Å²) in [5.41, 5.74) is 2.67. The third-order valence-electron chi connectivity index (χ3n) is 4.72. The molecule has 0 aromatic heterocycles. The number of alkyl halides is 1. The number of amides is 1. The Bertz CT molecular complexity index is 778. The molecule has 4 nitrogen and oxygen atoms in total. The van der Waals surface area contributed by atoms with Crippen LogP contribution in [0.1, 0.15) is 45.6 Å². The Balaban J connectivity index is 1.83. The maximum atomic E-state index is 13.9. The molecular weight excluding hydrogens is 333 g/mol. The van der Waals surface area contributed by atoms with Crippen LogP contribution in [0.3, 0.4) is 0 Å². The van der Waals surface area contributed by atoms with Gasteiger partial charge < -0.3 is 5.32 Å². The highest BCUT2D eigenvalue weighted by molar-refractivity contribution is 6.24. The third-order valence-corrected chi connectivity index (χ3v) is 4.72. The van der Waals surface area contributed by atoms with Crippen molar-refractivity contribution in [3.63, 3.8) is 0 Å². The summed E-state index contributed by atoms with van der Waals surface area (Å²) in [6, 6.07) is 9.10. The fraction of sp³-hybridized carbons (Fsp3) is 0.381. The van der Waals surface area contributed by atoms with Gasteiger partial charge in [0.05, 0.1) is 0 Å². The van der Waals surface area contributed by atoms with Crippen LogP contribution < -0.4 is 5.32 Å². The SMILES string of the molecule is CC1=C(C)C(=O)C(CCCC(=O)NC(F)Cc2ccccc2)=C(C)C1=O. The topological polar surface area (TPSA) is 63.2 Å². The minimum Gasteiger partial charge on any atom is -0.326 e. The van der Waals surface area contributed by atoms with Crippen LogP contribution in [-0.2, 0) is 20.8 Å². The number of ketones is 2. The van der Waals surface area contributed by atoms with Gasteiger partial charge in [0, 0.05) is 35.1 Å². The molecule has 0 saturated carbocycles. The van der Waals surface area contributed by atoms with Crippen molar-refractivity contribution in [2.45, 2.75) is 52.8 Å². The van der Waals surface area contributed by atoms with E-state index in [1.54, 1.807) is 32.9 Å². The average molecular weight is 357 g/mol. The van der Waals surface area contributed by atoms with Gasteiger partial charge >= 0.3 is 0 Å². The predicted octanol–water partition coefficient (Wildman–Crippen LogP) is 3.62. The average Bonchev–Trinajstić information content (AvgIpc) is 2.62. The van der Waals surface area contributed by atoms with Gasteiger partial charge in [-0.3, -0.25) is 14.4 Å². The smallest absolute Gasteiger partial charge is 0.222 e. The minimum atomic E-state index is -1.45. The Labute approximate surface area is 153 Å². The van der Waals surface area contributed by atoms with Crippen molar-refractivity contribution in [2.75, 3.05) is 0 Å². The number of carbonyl (C=O) groups excluding carboxylic acids is 3. The van der Waals surface area contributed by atoms with Gasteiger partial charge in [0.2, 0.25) is 5.91 Å². The number of nitrogens with one attached hydrogen (secondary N) is 1. The zero-order valence-corrected chi connectivity index (χ0v) is 15.4. The second-order valence-electron chi connectivity index (χ2n) is 6.59. The van der Waals surface area contributed by atoms with Crippen molar-refractivity contribution in [3.05, 3.63) is 58.2 Å². The van der Waals surface area contributed by atoms with Gasteiger partial charge in [0.15, 0.2) is 17.9 Å². The molecule has 1 aliphatic rings. The first kappa shape index (κ1) is 19.8. The van der Waals surface area contributed by atoms with Gasteiger partial charge in [-0.25, -0.2) is 4.39 Å². The first-order valence-electron chi connectivity index (χ1n) is 8.75. The highest BCUT2D eigenvalue weighted by Crippen LogP contribution is 2.27. The fourth-order valence-electron chi connectivity index (χ4n) is 3.00. The van der Waals surface area contributed by atoms with E-state index in [4.69, 9.17) is 0 Å². The second-order valence-corrected chi connectivity index (χ2v) is 6.59. The normalized spacial score (nSPS) is 16.2.